The molecule has 5 aliphatic rings. The lowest BCUT2D eigenvalue weighted by Gasteiger charge is -2.40. The second-order valence-corrected chi connectivity index (χ2v) is 16.3. The fourth-order valence-corrected chi connectivity index (χ4v) is 9.62. The number of anilines is 2. The second-order valence-electron chi connectivity index (χ2n) is 16.3. The van der Waals surface area contributed by atoms with Crippen molar-refractivity contribution in [3.05, 3.63) is 118 Å². The molecule has 2 N–H and O–H groups in total. The molecule has 10 nitrogen and oxygen atoms in total. The van der Waals surface area contributed by atoms with E-state index in [1.807, 2.05) is 18.2 Å². The van der Waals surface area contributed by atoms with E-state index in [9.17, 15) is 23.9 Å². The Bertz CT molecular complexity index is 2220. The van der Waals surface area contributed by atoms with Crippen LogP contribution in [0.5, 0.6) is 11.5 Å². The summed E-state index contributed by atoms with van der Waals surface area (Å²) < 4.78 is 35.8. The van der Waals surface area contributed by atoms with Gasteiger partial charge in [0.15, 0.2) is 0 Å². The van der Waals surface area contributed by atoms with E-state index in [0.717, 1.165) is 62.3 Å². The number of amides is 3. The van der Waals surface area contributed by atoms with E-state index < -0.39 is 17.8 Å². The van der Waals surface area contributed by atoms with Gasteiger partial charge in [-0.1, -0.05) is 30.3 Å². The number of carbonyl (C=O) groups is 3. The Hall–Kier alpha value is -5.49. The molecular formula is C45H47F2N5O5. The summed E-state index contributed by atoms with van der Waals surface area (Å²) in [6.45, 7) is 8.41. The molecule has 3 fully saturated rings. The minimum Gasteiger partial charge on any atom is -0.508 e. The first kappa shape index (κ1) is 37.1. The van der Waals surface area contributed by atoms with Gasteiger partial charge in [-0.3, -0.25) is 24.6 Å². The highest BCUT2D eigenvalue weighted by molar-refractivity contribution is 6.05. The summed E-state index contributed by atoms with van der Waals surface area (Å²) in [5.41, 5.74) is 6.48. The van der Waals surface area contributed by atoms with E-state index in [2.05, 4.69) is 44.3 Å². The first-order valence-electron chi connectivity index (χ1n) is 20.1. The van der Waals surface area contributed by atoms with Crippen molar-refractivity contribution in [2.75, 3.05) is 62.2 Å². The van der Waals surface area contributed by atoms with Crippen LogP contribution >= 0.6 is 0 Å². The number of fused-ring (bicyclic) bond motifs is 2. The summed E-state index contributed by atoms with van der Waals surface area (Å²) in [7, 11) is 0. The van der Waals surface area contributed by atoms with Crippen LogP contribution in [0.2, 0.25) is 0 Å². The molecule has 4 aromatic carbocycles. The van der Waals surface area contributed by atoms with Gasteiger partial charge in [0.25, 0.3) is 5.91 Å². The van der Waals surface area contributed by atoms with Gasteiger partial charge < -0.3 is 24.5 Å². The molecule has 0 bridgehead atoms. The van der Waals surface area contributed by atoms with Gasteiger partial charge >= 0.3 is 0 Å². The first-order chi connectivity index (χ1) is 27.6. The van der Waals surface area contributed by atoms with Crippen LogP contribution in [-0.2, 0) is 16.1 Å². The minimum absolute atomic E-state index is 0.0132. The predicted molar refractivity (Wildman–Crippen MR) is 212 cm³/mol. The lowest BCUT2D eigenvalue weighted by atomic mass is 9.75. The number of aromatic hydroxyl groups is 1. The van der Waals surface area contributed by atoms with Gasteiger partial charge in [0.05, 0.1) is 12.3 Å². The average molecular weight is 776 g/mol. The van der Waals surface area contributed by atoms with Gasteiger partial charge in [-0.2, -0.15) is 0 Å². The van der Waals surface area contributed by atoms with Crippen molar-refractivity contribution in [2.24, 2.45) is 5.92 Å². The van der Waals surface area contributed by atoms with Crippen LogP contribution in [0, 0.1) is 24.5 Å². The molecule has 0 aromatic heterocycles. The Morgan fingerprint density at radius 2 is 1.56 bits per heavy atom. The van der Waals surface area contributed by atoms with Crippen LogP contribution in [0.1, 0.15) is 75.7 Å². The van der Waals surface area contributed by atoms with Crippen molar-refractivity contribution in [3.8, 4) is 11.5 Å². The zero-order valence-corrected chi connectivity index (χ0v) is 32.1. The average Bonchev–Trinajstić information content (AvgIpc) is 3.53. The number of imide groups is 1. The summed E-state index contributed by atoms with van der Waals surface area (Å²) >= 11 is 0. The van der Waals surface area contributed by atoms with Crippen LogP contribution in [0.15, 0.2) is 72.8 Å². The Kier molecular flexibility index (Phi) is 9.84. The molecule has 9 rings (SSSR count). The number of hydrogen-bond donors (Lipinski definition) is 2. The highest BCUT2D eigenvalue weighted by atomic mass is 19.1. The lowest BCUT2D eigenvalue weighted by molar-refractivity contribution is -0.136. The molecule has 57 heavy (non-hydrogen) atoms. The minimum atomic E-state index is -0.726. The fourth-order valence-electron chi connectivity index (χ4n) is 9.62. The molecule has 0 saturated carbocycles. The van der Waals surface area contributed by atoms with Crippen LogP contribution in [0.4, 0.5) is 20.2 Å². The number of nitrogens with one attached hydrogen (secondary N) is 1. The molecular weight excluding hydrogens is 729 g/mol. The number of hydrogen-bond acceptors (Lipinski definition) is 8. The third-order valence-corrected chi connectivity index (χ3v) is 12.8. The Morgan fingerprint density at radius 3 is 2.30 bits per heavy atom. The van der Waals surface area contributed by atoms with E-state index >= 15 is 4.39 Å². The second kappa shape index (κ2) is 15.1. The number of halogens is 2. The molecule has 296 valence electrons. The van der Waals surface area contributed by atoms with Gasteiger partial charge in [0.1, 0.15) is 29.2 Å². The Morgan fingerprint density at radius 1 is 0.807 bits per heavy atom. The van der Waals surface area contributed by atoms with Gasteiger partial charge in [0.2, 0.25) is 11.8 Å². The predicted octanol–water partition coefficient (Wildman–Crippen LogP) is 6.09. The van der Waals surface area contributed by atoms with E-state index in [-0.39, 0.29) is 54.6 Å². The smallest absolute Gasteiger partial charge is 0.255 e. The van der Waals surface area contributed by atoms with Crippen molar-refractivity contribution >= 4 is 29.1 Å². The Balaban J connectivity index is 0.797. The number of piperazine rings is 1. The van der Waals surface area contributed by atoms with Gasteiger partial charge in [-0.15, -0.1) is 0 Å². The van der Waals surface area contributed by atoms with Crippen molar-refractivity contribution in [3.63, 3.8) is 0 Å². The third kappa shape index (κ3) is 7.20. The third-order valence-electron chi connectivity index (χ3n) is 12.8. The molecule has 0 unspecified atom stereocenters. The lowest BCUT2D eigenvalue weighted by Crippen LogP contribution is -2.52. The number of phenolic OH excluding ortho intramolecular Hbond substituents is 1. The molecule has 0 spiro atoms. The number of carbonyl (C=O) groups excluding carboxylic acids is 3. The summed E-state index contributed by atoms with van der Waals surface area (Å²) in [6, 6.07) is 21.8. The molecule has 3 atom stereocenters. The summed E-state index contributed by atoms with van der Waals surface area (Å²) in [6.07, 6.45) is 2.62. The molecule has 5 aliphatic heterocycles. The maximum absolute atomic E-state index is 15.5. The fraction of sp³-hybridized carbons (Fsp3) is 0.400. The van der Waals surface area contributed by atoms with Crippen LogP contribution < -0.4 is 19.9 Å². The van der Waals surface area contributed by atoms with Crippen molar-refractivity contribution < 1.29 is 33.0 Å². The largest absolute Gasteiger partial charge is 0.508 e. The number of aryl methyl sites for hydroxylation is 1. The summed E-state index contributed by atoms with van der Waals surface area (Å²) in [5.74, 6) is -0.444. The van der Waals surface area contributed by atoms with Crippen LogP contribution in [-0.4, -0.2) is 91.1 Å². The molecule has 3 saturated heterocycles. The topological polar surface area (TPSA) is 106 Å². The maximum Gasteiger partial charge on any atom is 0.255 e. The van der Waals surface area contributed by atoms with E-state index in [1.165, 1.54) is 22.7 Å². The highest BCUT2D eigenvalue weighted by Crippen LogP contribution is 2.47. The van der Waals surface area contributed by atoms with Crippen LogP contribution in [0.3, 0.4) is 0 Å². The van der Waals surface area contributed by atoms with Crippen molar-refractivity contribution in [1.29, 1.82) is 0 Å². The van der Waals surface area contributed by atoms with E-state index in [1.54, 1.807) is 25.1 Å². The monoisotopic (exact) mass is 775 g/mol. The molecule has 3 amide bonds. The van der Waals surface area contributed by atoms with Crippen molar-refractivity contribution in [2.45, 2.75) is 57.0 Å². The van der Waals surface area contributed by atoms with Crippen molar-refractivity contribution in [1.82, 2.24) is 15.1 Å². The number of benzene rings is 4. The number of phenols is 1. The van der Waals surface area contributed by atoms with Crippen LogP contribution in [0.25, 0.3) is 0 Å². The first-order valence-corrected chi connectivity index (χ1v) is 20.1. The number of nitrogens with zero attached hydrogens (tertiary/aromatic N) is 4. The normalized spacial score (nSPS) is 23.0. The highest BCUT2D eigenvalue weighted by Gasteiger charge is 2.40. The van der Waals surface area contributed by atoms with Gasteiger partial charge in [-0.05, 0) is 90.8 Å². The number of rotatable bonds is 7. The molecule has 0 aliphatic carbocycles. The summed E-state index contributed by atoms with van der Waals surface area (Å²) in [5, 5.41) is 12.5. The quantitative estimate of drug-likeness (QED) is 0.218. The molecule has 0 radical (unpaired) electrons. The van der Waals surface area contributed by atoms with Gasteiger partial charge in [-0.25, -0.2) is 8.78 Å². The van der Waals surface area contributed by atoms with E-state index in [4.69, 9.17) is 4.74 Å². The maximum atomic E-state index is 15.5. The zero-order chi connectivity index (χ0) is 39.4. The Labute approximate surface area is 331 Å². The SMILES string of the molecule is Cc1cc([C@H]2COc3cc(O)ccc3[C@H]2c2ccc(N3CCC(CN4CCN(c5cc6c(cc5F)C(=O)N([C@H]5CCC(=O)NC5=O)C6)CC4)CC3)cc2)ccc1F. The van der Waals surface area contributed by atoms with E-state index in [0.29, 0.717) is 53.7 Å². The standard InChI is InChI=1S/C45H47F2N5O5/c1-27-20-30(4-9-37(27)46)36-26-57-41-22-33(53)7-8-34(41)43(36)29-2-5-32(6-3-29)50-14-12-28(13-15-50)24-49-16-18-51(19-17-49)40-21-31-25-52(45(56)35(31)23-38(40)47)39-10-11-42(54)48-44(39)55/h2-9,20-23,28,36,39,43,53H,10-19,24-26H2,1H3,(H,48,54,55)/t36-,39+,43-/m1/s1. The number of ether oxygens (including phenoxy) is 1. The van der Waals surface area contributed by atoms with Gasteiger partial charge in [0, 0.05) is 93.5 Å². The number of piperidine rings is 2. The zero-order valence-electron chi connectivity index (χ0n) is 32.1. The molecule has 5 heterocycles. The molecule has 4 aromatic rings. The molecule has 12 heteroatoms. The summed E-state index contributed by atoms with van der Waals surface area (Å²) in [4.78, 5) is 45.7.